The average molecular weight is 347 g/mol. The number of thioether (sulfide) groups is 1. The number of hydrogen-bond acceptors (Lipinski definition) is 4. The van der Waals surface area contributed by atoms with Crippen molar-refractivity contribution in [3.05, 3.63) is 52.2 Å². The van der Waals surface area contributed by atoms with Gasteiger partial charge in [0.05, 0.1) is 0 Å². The number of benzene rings is 1. The predicted molar refractivity (Wildman–Crippen MR) is 102 cm³/mol. The van der Waals surface area contributed by atoms with Crippen LogP contribution in [0.4, 0.5) is 0 Å². The second-order valence-corrected chi connectivity index (χ2v) is 8.23. The molecule has 1 aromatic carbocycles. The van der Waals surface area contributed by atoms with Crippen molar-refractivity contribution in [3.8, 4) is 0 Å². The van der Waals surface area contributed by atoms with E-state index in [1.54, 1.807) is 11.3 Å². The zero-order valence-corrected chi connectivity index (χ0v) is 15.5. The van der Waals surface area contributed by atoms with E-state index in [2.05, 4.69) is 57.8 Å². The zero-order valence-electron chi connectivity index (χ0n) is 13.9. The molecule has 0 bridgehead atoms. The molecule has 124 valence electrons. The second kappa shape index (κ2) is 8.88. The van der Waals surface area contributed by atoms with Crippen LogP contribution < -0.4 is 0 Å². The summed E-state index contributed by atoms with van der Waals surface area (Å²) in [6, 6.07) is 11.4. The summed E-state index contributed by atoms with van der Waals surface area (Å²) in [5.74, 6) is 1.14. The minimum absolute atomic E-state index is 1.09. The Morgan fingerprint density at radius 3 is 2.22 bits per heavy atom. The molecule has 0 unspecified atom stereocenters. The van der Waals surface area contributed by atoms with E-state index in [4.69, 9.17) is 0 Å². The largest absolute Gasteiger partial charge is 0.298 e. The molecule has 23 heavy (non-hydrogen) atoms. The maximum atomic E-state index is 2.61. The van der Waals surface area contributed by atoms with Crippen LogP contribution >= 0.6 is 23.1 Å². The molecule has 0 saturated carbocycles. The van der Waals surface area contributed by atoms with Crippen molar-refractivity contribution in [2.45, 2.75) is 31.3 Å². The van der Waals surface area contributed by atoms with Gasteiger partial charge in [0.25, 0.3) is 0 Å². The standard InChI is InChI=1S/C19H26N2S2/c1-2-23-19-6-4-17(5-7-19)14-20-9-3-10-21(12-11-20)15-18-8-13-22-16-18/h4-8,13,16H,2-3,9-12,14-15H2,1H3. The first kappa shape index (κ1) is 17.0. The summed E-state index contributed by atoms with van der Waals surface area (Å²) in [5, 5.41) is 4.46. The van der Waals surface area contributed by atoms with Crippen LogP contribution in [0.25, 0.3) is 0 Å². The highest BCUT2D eigenvalue weighted by Crippen LogP contribution is 2.19. The predicted octanol–water partition coefficient (Wildman–Crippen LogP) is 4.57. The molecule has 1 aromatic heterocycles. The van der Waals surface area contributed by atoms with Gasteiger partial charge >= 0.3 is 0 Å². The molecule has 0 radical (unpaired) electrons. The SMILES string of the molecule is CCSc1ccc(CN2CCCN(Cc3ccsc3)CC2)cc1. The summed E-state index contributed by atoms with van der Waals surface area (Å²) in [4.78, 5) is 6.59. The van der Waals surface area contributed by atoms with Gasteiger partial charge in [-0.25, -0.2) is 0 Å². The Morgan fingerprint density at radius 2 is 1.61 bits per heavy atom. The Hall–Kier alpha value is -0.810. The van der Waals surface area contributed by atoms with Crippen LogP contribution in [0.1, 0.15) is 24.5 Å². The van der Waals surface area contributed by atoms with E-state index in [-0.39, 0.29) is 0 Å². The number of nitrogens with zero attached hydrogens (tertiary/aromatic N) is 2. The fourth-order valence-electron chi connectivity index (χ4n) is 3.10. The minimum atomic E-state index is 1.09. The van der Waals surface area contributed by atoms with Gasteiger partial charge in [-0.3, -0.25) is 9.80 Å². The van der Waals surface area contributed by atoms with Gasteiger partial charge in [0.1, 0.15) is 0 Å². The highest BCUT2D eigenvalue weighted by Gasteiger charge is 2.15. The van der Waals surface area contributed by atoms with Crippen LogP contribution in [0.3, 0.4) is 0 Å². The summed E-state index contributed by atoms with van der Waals surface area (Å²) in [6.45, 7) is 9.19. The lowest BCUT2D eigenvalue weighted by Gasteiger charge is -2.21. The summed E-state index contributed by atoms with van der Waals surface area (Å²) >= 11 is 3.72. The van der Waals surface area contributed by atoms with E-state index in [1.165, 1.54) is 48.6 Å². The van der Waals surface area contributed by atoms with E-state index in [0.717, 1.165) is 18.8 Å². The Bertz CT molecular complexity index is 566. The van der Waals surface area contributed by atoms with Crippen LogP contribution in [-0.2, 0) is 13.1 Å². The summed E-state index contributed by atoms with van der Waals surface area (Å²) in [6.07, 6.45) is 1.27. The van der Waals surface area contributed by atoms with E-state index in [1.807, 2.05) is 11.8 Å². The highest BCUT2D eigenvalue weighted by atomic mass is 32.2. The van der Waals surface area contributed by atoms with Crippen LogP contribution in [0.2, 0.25) is 0 Å². The van der Waals surface area contributed by atoms with Crippen molar-refractivity contribution in [2.75, 3.05) is 31.9 Å². The quantitative estimate of drug-likeness (QED) is 0.708. The molecular weight excluding hydrogens is 320 g/mol. The first-order chi connectivity index (χ1) is 11.3. The molecule has 1 aliphatic heterocycles. The van der Waals surface area contributed by atoms with Crippen molar-refractivity contribution in [3.63, 3.8) is 0 Å². The lowest BCUT2D eigenvalue weighted by atomic mass is 10.2. The van der Waals surface area contributed by atoms with Gasteiger partial charge in [-0.15, -0.1) is 11.8 Å². The molecule has 0 N–H and O–H groups in total. The number of hydrogen-bond donors (Lipinski definition) is 0. The maximum Gasteiger partial charge on any atom is 0.0242 e. The summed E-state index contributed by atoms with van der Waals surface area (Å²) in [5.41, 5.74) is 2.91. The monoisotopic (exact) mass is 346 g/mol. The Morgan fingerprint density at radius 1 is 0.913 bits per heavy atom. The highest BCUT2D eigenvalue weighted by molar-refractivity contribution is 7.99. The van der Waals surface area contributed by atoms with Crippen molar-refractivity contribution < 1.29 is 0 Å². The molecule has 1 aliphatic rings. The molecule has 2 heterocycles. The van der Waals surface area contributed by atoms with Gasteiger partial charge in [-0.1, -0.05) is 19.1 Å². The van der Waals surface area contributed by atoms with Gasteiger partial charge in [-0.2, -0.15) is 11.3 Å². The average Bonchev–Trinajstić information content (AvgIpc) is 2.97. The molecule has 0 atom stereocenters. The van der Waals surface area contributed by atoms with Crippen LogP contribution in [0, 0.1) is 0 Å². The topological polar surface area (TPSA) is 6.48 Å². The van der Waals surface area contributed by atoms with Crippen molar-refractivity contribution in [2.24, 2.45) is 0 Å². The van der Waals surface area contributed by atoms with Gasteiger partial charge < -0.3 is 0 Å². The third kappa shape index (κ3) is 5.35. The Labute approximate surface area is 148 Å². The number of rotatable bonds is 6. The molecule has 0 aliphatic carbocycles. The molecule has 4 heteroatoms. The van der Waals surface area contributed by atoms with Crippen LogP contribution in [0.15, 0.2) is 46.0 Å². The van der Waals surface area contributed by atoms with Crippen molar-refractivity contribution in [1.82, 2.24) is 9.80 Å². The molecule has 1 fully saturated rings. The first-order valence-electron chi connectivity index (χ1n) is 8.51. The second-order valence-electron chi connectivity index (χ2n) is 6.11. The lowest BCUT2D eigenvalue weighted by molar-refractivity contribution is 0.247. The molecule has 1 saturated heterocycles. The van der Waals surface area contributed by atoms with Gasteiger partial charge in [0.2, 0.25) is 0 Å². The molecule has 0 spiro atoms. The van der Waals surface area contributed by atoms with Crippen molar-refractivity contribution >= 4 is 23.1 Å². The summed E-state index contributed by atoms with van der Waals surface area (Å²) < 4.78 is 0. The first-order valence-corrected chi connectivity index (χ1v) is 10.4. The van der Waals surface area contributed by atoms with Crippen LogP contribution in [0.5, 0.6) is 0 Å². The molecular formula is C19H26N2S2. The number of thiophene rings is 1. The third-order valence-electron chi connectivity index (χ3n) is 4.31. The van der Waals surface area contributed by atoms with Gasteiger partial charge in [0.15, 0.2) is 0 Å². The van der Waals surface area contributed by atoms with Gasteiger partial charge in [0, 0.05) is 31.1 Å². The molecule has 2 nitrogen and oxygen atoms in total. The summed E-state index contributed by atoms with van der Waals surface area (Å²) in [7, 11) is 0. The van der Waals surface area contributed by atoms with E-state index >= 15 is 0 Å². The Kier molecular flexibility index (Phi) is 6.57. The fourth-order valence-corrected chi connectivity index (χ4v) is 4.42. The van der Waals surface area contributed by atoms with Gasteiger partial charge in [-0.05, 0) is 65.3 Å². The minimum Gasteiger partial charge on any atom is -0.298 e. The molecule has 0 amide bonds. The van der Waals surface area contributed by atoms with Crippen molar-refractivity contribution in [1.29, 1.82) is 0 Å². The molecule has 3 rings (SSSR count). The lowest BCUT2D eigenvalue weighted by Crippen LogP contribution is -2.30. The molecule has 2 aromatic rings. The smallest absolute Gasteiger partial charge is 0.0242 e. The fraction of sp³-hybridized carbons (Fsp3) is 0.474. The van der Waals surface area contributed by atoms with E-state index in [9.17, 15) is 0 Å². The van der Waals surface area contributed by atoms with E-state index < -0.39 is 0 Å². The maximum absolute atomic E-state index is 2.61. The zero-order chi connectivity index (χ0) is 15.9. The third-order valence-corrected chi connectivity index (χ3v) is 5.93. The van der Waals surface area contributed by atoms with E-state index in [0.29, 0.717) is 0 Å². The Balaban J connectivity index is 1.49. The van der Waals surface area contributed by atoms with Crippen LogP contribution in [-0.4, -0.2) is 41.7 Å². The normalized spacial score (nSPS) is 17.3.